The first-order valence-electron chi connectivity index (χ1n) is 39.3. The minimum absolute atomic E-state index is 0.0133. The minimum Gasteiger partial charge on any atom is -0.481 e. The smallest absolute Gasteiger partial charge is 0.305 e. The van der Waals surface area contributed by atoms with E-state index in [0.717, 1.165) is 22.5 Å². The van der Waals surface area contributed by atoms with Crippen LogP contribution in [-0.2, 0) is 91.2 Å². The number of aliphatic hydroxyl groups is 1. The predicted octanol–water partition coefficient (Wildman–Crippen LogP) is -1.62. The van der Waals surface area contributed by atoms with E-state index in [1.165, 1.54) is 0 Å². The van der Waals surface area contributed by atoms with Gasteiger partial charge in [-0.15, -0.1) is 11.8 Å². The predicted molar refractivity (Wildman–Crippen MR) is 441 cm³/mol. The van der Waals surface area contributed by atoms with Crippen molar-refractivity contribution >= 4 is 139 Å². The van der Waals surface area contributed by atoms with Gasteiger partial charge in [0.05, 0.1) is 31.9 Å². The molecular weight excluding hydrogens is 1550 g/mol. The summed E-state index contributed by atoms with van der Waals surface area (Å²) in [4.78, 5) is 220. The van der Waals surface area contributed by atoms with Crippen LogP contribution in [0.25, 0.3) is 32.6 Å². The van der Waals surface area contributed by atoms with Gasteiger partial charge < -0.3 is 112 Å². The first kappa shape index (κ1) is 93.0. The average molecular weight is 1660 g/mol. The number of carbonyl (C=O) groups excluding carboxylic acids is 14. The number of nitrogens with two attached hydrogens (primary N) is 3. The average Bonchev–Trinajstić information content (AvgIpc) is 1.60. The maximum Gasteiger partial charge on any atom is 0.305 e. The number of aromatic amines is 2. The van der Waals surface area contributed by atoms with Gasteiger partial charge in [0.25, 0.3) is 0 Å². The number of nitrogens with one attached hydrogen (secondary N) is 17. The second kappa shape index (κ2) is 46.5. The molecule has 1 saturated heterocycles. The van der Waals surface area contributed by atoms with Gasteiger partial charge in [0.1, 0.15) is 66.5 Å². The van der Waals surface area contributed by atoms with Crippen LogP contribution >= 0.6 is 11.8 Å². The number of primary amides is 1. The normalized spacial score (nSPS) is 22.8. The molecule has 14 amide bonds. The standard InChI is InChI=1S/C80H110N20O17S/c1-6-8-22-55-72(110)92-56(26-17-30-85-80(83)84)73(111)94-59(34-49-37-87-53-24-14-12-21-51(49)53)77(115)99-67(43(3)4)78(116)98-62(69(82)107)41-118-42-65(104)88-38-63(102)91-57(32-45-27-28-46-18-9-10-19-47(46)31-45)76(114)100-68(44(5)7-2)79(117)97-61(40-101)70(108)89-39-64(103)90-54(25-15-16-29-81)71(109)96-60(35-66(105)106)75(113)95-58(74(112)93-55)33-48-36-86-52-23-13-11-20-50(48)52/h9-14,18-21,23-24,27-28,31,36-37,43-44,54-62,67-68,86-87,101H,6-8,15-17,22,25-26,29-30,32-35,38-42,81H2,1-5H3,(H2,82,107)(H,88,104)(H,89,108)(H,90,103)(H,91,102)(H,92,110)(H,93,112)(H,94,111)(H,95,113)(H,96,109)(H,97,117)(H,98,116)(H,99,115)(H,100,114)(H,105,106)(H4,83,84,85)/t44-,54-,55+,56-,57+,58-,59-,60+,61-,62-,67-,68-/m0/s1. The molecule has 1 aliphatic rings. The van der Waals surface area contributed by atoms with Crippen molar-refractivity contribution < 1.29 is 82.1 Å². The number of hydrogen-bond donors (Lipinski definition) is 22. The molecule has 638 valence electrons. The summed E-state index contributed by atoms with van der Waals surface area (Å²) in [7, 11) is 0. The van der Waals surface area contributed by atoms with Crippen LogP contribution in [0.4, 0.5) is 0 Å². The van der Waals surface area contributed by atoms with Crippen LogP contribution in [0, 0.1) is 17.2 Å². The van der Waals surface area contributed by atoms with Crippen molar-refractivity contribution in [3.63, 3.8) is 0 Å². The van der Waals surface area contributed by atoms with Gasteiger partial charge in [0.2, 0.25) is 82.7 Å². The highest BCUT2D eigenvalue weighted by Gasteiger charge is 2.39. The van der Waals surface area contributed by atoms with Gasteiger partial charge in [0.15, 0.2) is 5.96 Å². The first-order valence-corrected chi connectivity index (χ1v) is 40.5. The van der Waals surface area contributed by atoms with Crippen LogP contribution in [0.5, 0.6) is 0 Å². The number of unbranched alkanes of at least 4 members (excludes halogenated alkanes) is 2. The number of fused-ring (bicyclic) bond motifs is 3. The number of aliphatic carboxylic acids is 1. The van der Waals surface area contributed by atoms with E-state index in [9.17, 15) is 63.0 Å². The maximum absolute atomic E-state index is 15.1. The fraction of sp³-hybridized carbons (Fsp3) is 0.475. The lowest BCUT2D eigenvalue weighted by molar-refractivity contribution is -0.141. The molecule has 2 aromatic heterocycles. The number of rotatable bonds is 24. The fourth-order valence-electron chi connectivity index (χ4n) is 13.2. The molecule has 0 spiro atoms. The third-order valence-corrected chi connectivity index (χ3v) is 21.0. The Morgan fingerprint density at radius 2 is 0.983 bits per heavy atom. The van der Waals surface area contributed by atoms with Gasteiger partial charge in [-0.25, -0.2) is 0 Å². The summed E-state index contributed by atoms with van der Waals surface area (Å²) >= 11 is 0.846. The van der Waals surface area contributed by atoms with Crippen LogP contribution < -0.4 is 91.6 Å². The highest BCUT2D eigenvalue weighted by atomic mass is 32.2. The van der Waals surface area contributed by atoms with Crippen LogP contribution in [0.2, 0.25) is 0 Å². The molecule has 3 heterocycles. The van der Waals surface area contributed by atoms with Crippen LogP contribution in [-0.4, -0.2) is 226 Å². The van der Waals surface area contributed by atoms with Gasteiger partial charge in [0, 0.05) is 65.8 Å². The monoisotopic (exact) mass is 1650 g/mol. The molecule has 4 aromatic carbocycles. The number of hydrogen-bond acceptors (Lipinski definition) is 19. The molecule has 0 unspecified atom stereocenters. The molecule has 25 N–H and O–H groups in total. The number of para-hydroxylation sites is 2. The number of carbonyl (C=O) groups is 15. The van der Waals surface area contributed by atoms with Crippen molar-refractivity contribution in [3.05, 3.63) is 120 Å². The SMILES string of the molecule is CCCC[C@H]1NC(=O)[C@H](Cc2c[nH]c3ccccc23)NC(=O)[C@@H](CC(=O)O)NC(=O)[C@H](CCCCN)NC(=O)CNC(=O)[C@H](CO)NC(=O)[C@H]([C@@H](C)CC)NC(=O)[C@@H](Cc2ccc3ccccc3c2)NC(=O)CNC(=O)CSC[C@@H](C(N)=O)NC(=O)[C@H](C(C)C)NC(=O)[C@H](Cc2c[nH]c3ccccc23)NC(=O)[C@H](CCCNC(=N)N)NC1=O. The highest BCUT2D eigenvalue weighted by molar-refractivity contribution is 8.00. The van der Waals surface area contributed by atoms with Gasteiger partial charge in [-0.2, -0.15) is 0 Å². The van der Waals surface area contributed by atoms with E-state index in [1.807, 2.05) is 31.2 Å². The molecule has 7 rings (SSSR count). The van der Waals surface area contributed by atoms with Gasteiger partial charge in [-0.05, 0) is 96.5 Å². The largest absolute Gasteiger partial charge is 0.481 e. The number of thioether (sulfide) groups is 1. The Morgan fingerprint density at radius 3 is 1.53 bits per heavy atom. The number of benzene rings is 4. The number of aliphatic hydroxyl groups excluding tert-OH is 1. The van der Waals surface area contributed by atoms with Crippen LogP contribution in [0.15, 0.2) is 103 Å². The lowest BCUT2D eigenvalue weighted by Gasteiger charge is -2.29. The molecule has 37 nitrogen and oxygen atoms in total. The zero-order valence-corrected chi connectivity index (χ0v) is 67.4. The summed E-state index contributed by atoms with van der Waals surface area (Å²) in [5.41, 5.74) is 20.1. The van der Waals surface area contributed by atoms with E-state index in [2.05, 4.69) is 84.4 Å². The Hall–Kier alpha value is -12.2. The Labute approximate surface area is 685 Å². The Morgan fingerprint density at radius 1 is 0.508 bits per heavy atom. The third-order valence-electron chi connectivity index (χ3n) is 20.0. The summed E-state index contributed by atoms with van der Waals surface area (Å²) in [6, 6.07) is 9.52. The molecule has 118 heavy (non-hydrogen) atoms. The summed E-state index contributed by atoms with van der Waals surface area (Å²) in [6.45, 7) is 5.87. The topological polar surface area (TPSA) is 598 Å². The van der Waals surface area contributed by atoms with Gasteiger partial charge >= 0.3 is 5.97 Å². The lowest BCUT2D eigenvalue weighted by Crippen LogP contribution is -2.61. The molecule has 38 heteroatoms. The Balaban J connectivity index is 1.25. The lowest BCUT2D eigenvalue weighted by atomic mass is 9.96. The molecule has 1 fully saturated rings. The van der Waals surface area contributed by atoms with E-state index in [-0.39, 0.29) is 76.6 Å². The van der Waals surface area contributed by atoms with Crippen LogP contribution in [0.1, 0.15) is 116 Å². The summed E-state index contributed by atoms with van der Waals surface area (Å²) in [6.07, 6.45) is 2.62. The van der Waals surface area contributed by atoms with Crippen molar-refractivity contribution in [1.82, 2.24) is 84.4 Å². The minimum atomic E-state index is -1.97. The van der Waals surface area contributed by atoms with E-state index >= 15 is 19.2 Å². The van der Waals surface area contributed by atoms with Crippen molar-refractivity contribution in [3.8, 4) is 0 Å². The number of carboxylic acids is 1. The number of carboxylic acid groups (broad SMARTS) is 1. The van der Waals surface area contributed by atoms with Gasteiger partial charge in [-0.1, -0.05) is 133 Å². The van der Waals surface area contributed by atoms with Gasteiger partial charge in [-0.3, -0.25) is 77.3 Å². The number of H-pyrrole nitrogens is 2. The second-order valence-electron chi connectivity index (χ2n) is 29.4. The third kappa shape index (κ3) is 28.6. The molecule has 1 aliphatic heterocycles. The van der Waals surface area contributed by atoms with Crippen molar-refractivity contribution in [1.29, 1.82) is 5.41 Å². The van der Waals surface area contributed by atoms with Crippen molar-refractivity contribution in [2.75, 3.05) is 44.3 Å². The first-order chi connectivity index (χ1) is 56.4. The zero-order chi connectivity index (χ0) is 86.1. The second-order valence-corrected chi connectivity index (χ2v) is 30.4. The molecule has 12 atom stereocenters. The zero-order valence-electron chi connectivity index (χ0n) is 66.6. The maximum atomic E-state index is 15.1. The number of guanidine groups is 1. The molecule has 0 aliphatic carbocycles. The summed E-state index contributed by atoms with van der Waals surface area (Å²) in [5.74, 6) is -17.6. The van der Waals surface area contributed by atoms with Crippen molar-refractivity contribution in [2.24, 2.45) is 29.0 Å². The number of amides is 14. The van der Waals surface area contributed by atoms with E-state index in [4.69, 9.17) is 22.6 Å². The summed E-state index contributed by atoms with van der Waals surface area (Å²) < 4.78 is 0. The van der Waals surface area contributed by atoms with Crippen LogP contribution in [0.3, 0.4) is 0 Å². The molecular formula is C80H110N20O17S. The van der Waals surface area contributed by atoms with E-state index in [0.29, 0.717) is 57.8 Å². The Bertz CT molecular complexity index is 4550. The molecule has 6 aromatic rings. The quantitative estimate of drug-likeness (QED) is 0.0184. The molecule has 0 radical (unpaired) electrons. The van der Waals surface area contributed by atoms with E-state index in [1.54, 1.807) is 107 Å². The highest BCUT2D eigenvalue weighted by Crippen LogP contribution is 2.24. The van der Waals surface area contributed by atoms with Crippen molar-refractivity contribution in [2.45, 2.75) is 185 Å². The molecule has 0 saturated carbocycles. The number of aromatic nitrogens is 2. The molecule has 0 bridgehead atoms. The Kier molecular flexibility index (Phi) is 36.7. The fourth-order valence-corrected chi connectivity index (χ4v) is 14.1. The summed E-state index contributed by atoms with van der Waals surface area (Å²) in [5, 5.41) is 67.7. The van der Waals surface area contributed by atoms with E-state index < -0.39 is 205 Å².